The zero-order valence-corrected chi connectivity index (χ0v) is 19.9. The van der Waals surface area contributed by atoms with Gasteiger partial charge >= 0.3 is 0 Å². The number of aromatic nitrogens is 2. The van der Waals surface area contributed by atoms with Crippen LogP contribution in [0.25, 0.3) is 0 Å². The third-order valence-electron chi connectivity index (χ3n) is 7.15. The second-order valence-electron chi connectivity index (χ2n) is 9.43. The van der Waals surface area contributed by atoms with Gasteiger partial charge in [0.25, 0.3) is 5.56 Å². The van der Waals surface area contributed by atoms with Crippen LogP contribution < -0.4 is 5.56 Å². The smallest absolute Gasteiger partial charge is 0.256 e. The zero-order chi connectivity index (χ0) is 22.7. The normalized spacial score (nSPS) is 20.2. The number of aryl methyl sites for hydroxylation is 2. The first-order valence-electron chi connectivity index (χ1n) is 12.0. The van der Waals surface area contributed by atoms with Crippen LogP contribution in [0.4, 0.5) is 0 Å². The molecule has 1 saturated heterocycles. The summed E-state index contributed by atoms with van der Waals surface area (Å²) in [7, 11) is 1.62. The molecule has 172 valence electrons. The van der Waals surface area contributed by atoms with Gasteiger partial charge in [-0.3, -0.25) is 9.36 Å². The highest BCUT2D eigenvalue weighted by Gasteiger charge is 2.26. The van der Waals surface area contributed by atoms with Gasteiger partial charge in [0.05, 0.1) is 5.71 Å². The van der Waals surface area contributed by atoms with Crippen molar-refractivity contribution in [1.82, 2.24) is 14.5 Å². The number of piperidine rings is 1. The average molecular weight is 437 g/mol. The maximum absolute atomic E-state index is 13.1. The van der Waals surface area contributed by atoms with Gasteiger partial charge in [0.15, 0.2) is 0 Å². The maximum atomic E-state index is 13.1. The van der Waals surface area contributed by atoms with Crippen molar-refractivity contribution >= 4 is 5.71 Å². The molecule has 6 heteroatoms. The van der Waals surface area contributed by atoms with Crippen molar-refractivity contribution in [3.63, 3.8) is 0 Å². The topological polar surface area (TPSA) is 59.7 Å². The lowest BCUT2D eigenvalue weighted by atomic mass is 9.88. The third kappa shape index (κ3) is 4.80. The molecule has 1 aromatic heterocycles. The van der Waals surface area contributed by atoms with Gasteiger partial charge in [-0.05, 0) is 64.6 Å². The first-order valence-corrected chi connectivity index (χ1v) is 12.0. The lowest BCUT2D eigenvalue weighted by Crippen LogP contribution is -2.39. The molecule has 0 saturated carbocycles. The second kappa shape index (κ2) is 9.99. The number of oxime groups is 1. The highest BCUT2D eigenvalue weighted by molar-refractivity contribution is 6.02. The molecule has 2 aliphatic rings. The largest absolute Gasteiger partial charge is 0.399 e. The van der Waals surface area contributed by atoms with Crippen LogP contribution in [0.2, 0.25) is 0 Å². The van der Waals surface area contributed by atoms with Gasteiger partial charge in [0.1, 0.15) is 12.9 Å². The molecule has 0 radical (unpaired) electrons. The molecule has 0 spiro atoms. The zero-order valence-electron chi connectivity index (χ0n) is 19.9. The van der Waals surface area contributed by atoms with E-state index in [0.29, 0.717) is 11.8 Å². The molecule has 1 atom stereocenters. The molecular weight excluding hydrogens is 400 g/mol. The number of hydrogen-bond donors (Lipinski definition) is 0. The second-order valence-corrected chi connectivity index (χ2v) is 9.43. The summed E-state index contributed by atoms with van der Waals surface area (Å²) in [4.78, 5) is 25.6. The van der Waals surface area contributed by atoms with Gasteiger partial charge in [-0.15, -0.1) is 0 Å². The van der Waals surface area contributed by atoms with Crippen LogP contribution in [-0.2, 0) is 17.8 Å². The quantitative estimate of drug-likeness (QED) is 0.506. The molecule has 1 unspecified atom stereocenters. The Kier molecular flexibility index (Phi) is 7.09. The molecule has 0 N–H and O–H groups in total. The molecule has 3 heterocycles. The summed E-state index contributed by atoms with van der Waals surface area (Å²) >= 11 is 0. The Labute approximate surface area is 191 Å². The molecule has 2 aliphatic heterocycles. The van der Waals surface area contributed by atoms with E-state index in [1.807, 2.05) is 11.5 Å². The van der Waals surface area contributed by atoms with E-state index in [1.165, 1.54) is 5.56 Å². The van der Waals surface area contributed by atoms with Gasteiger partial charge in [0, 0.05) is 36.2 Å². The molecule has 32 heavy (non-hydrogen) atoms. The van der Waals surface area contributed by atoms with Crippen molar-refractivity contribution in [3.05, 3.63) is 62.8 Å². The summed E-state index contributed by atoms with van der Waals surface area (Å²) in [5.74, 6) is 1.75. The minimum atomic E-state index is 0.183. The van der Waals surface area contributed by atoms with Crippen molar-refractivity contribution < 1.29 is 4.84 Å². The fourth-order valence-electron chi connectivity index (χ4n) is 5.17. The number of benzene rings is 1. The summed E-state index contributed by atoms with van der Waals surface area (Å²) in [5, 5.41) is 4.38. The van der Waals surface area contributed by atoms with Gasteiger partial charge in [-0.25, -0.2) is 4.98 Å². The Morgan fingerprint density at radius 2 is 1.84 bits per heavy atom. The van der Waals surface area contributed by atoms with E-state index in [0.717, 1.165) is 86.6 Å². The summed E-state index contributed by atoms with van der Waals surface area (Å²) in [6.07, 6.45) is 5.06. The van der Waals surface area contributed by atoms with E-state index >= 15 is 0 Å². The maximum Gasteiger partial charge on any atom is 0.256 e. The first-order chi connectivity index (χ1) is 15.5. The Hall–Kier alpha value is -2.47. The molecule has 6 nitrogen and oxygen atoms in total. The Morgan fingerprint density at radius 3 is 2.53 bits per heavy atom. The molecular formula is C26H36N4O2. The molecule has 1 fully saturated rings. The molecule has 2 aromatic rings. The predicted octanol–water partition coefficient (Wildman–Crippen LogP) is 4.06. The van der Waals surface area contributed by atoms with Crippen LogP contribution in [0.5, 0.6) is 0 Å². The lowest BCUT2D eigenvalue weighted by molar-refractivity contribution is 0.194. The van der Waals surface area contributed by atoms with E-state index in [4.69, 9.17) is 9.82 Å². The van der Waals surface area contributed by atoms with Crippen molar-refractivity contribution in [2.75, 3.05) is 26.7 Å². The monoisotopic (exact) mass is 436 g/mol. The van der Waals surface area contributed by atoms with Crippen molar-refractivity contribution in [2.24, 2.45) is 11.1 Å². The first kappa shape index (κ1) is 22.7. The van der Waals surface area contributed by atoms with Crippen molar-refractivity contribution in [3.8, 4) is 0 Å². The summed E-state index contributed by atoms with van der Waals surface area (Å²) in [6.45, 7) is 10.0. The highest BCUT2D eigenvalue weighted by Crippen LogP contribution is 2.25. The van der Waals surface area contributed by atoms with Gasteiger partial charge < -0.3 is 9.74 Å². The summed E-state index contributed by atoms with van der Waals surface area (Å²) < 4.78 is 1.93. The van der Waals surface area contributed by atoms with E-state index < -0.39 is 0 Å². The standard InChI is InChI=1S/C26H36N4O2/c1-18-7-9-21(10-8-18)24(28-32-4)22-11-15-29(16-12-22)17-13-23-20(3)27-25-19(2)6-5-14-30(25)26(23)31/h7-10,19,22H,5-6,11-17H2,1-4H3/b28-24+. The van der Waals surface area contributed by atoms with Gasteiger partial charge in [-0.2, -0.15) is 0 Å². The average Bonchev–Trinajstić information content (AvgIpc) is 2.79. The van der Waals surface area contributed by atoms with Crippen molar-refractivity contribution in [1.29, 1.82) is 0 Å². The number of nitrogens with zero attached hydrogens (tertiary/aromatic N) is 4. The van der Waals surface area contributed by atoms with Crippen LogP contribution in [0.1, 0.15) is 66.7 Å². The van der Waals surface area contributed by atoms with E-state index in [-0.39, 0.29) is 5.56 Å². The number of hydrogen-bond acceptors (Lipinski definition) is 5. The number of rotatable bonds is 6. The van der Waals surface area contributed by atoms with E-state index in [9.17, 15) is 4.79 Å². The van der Waals surface area contributed by atoms with Crippen molar-refractivity contribution in [2.45, 2.75) is 65.3 Å². The third-order valence-corrected chi connectivity index (χ3v) is 7.15. The Bertz CT molecular complexity index is 1020. The fourth-order valence-corrected chi connectivity index (χ4v) is 5.17. The fraction of sp³-hybridized carbons (Fsp3) is 0.577. The number of likely N-dealkylation sites (tertiary alicyclic amines) is 1. The lowest BCUT2D eigenvalue weighted by Gasteiger charge is -2.32. The Balaban J connectivity index is 1.39. The van der Waals surface area contributed by atoms with Crippen LogP contribution >= 0.6 is 0 Å². The molecule has 1 aromatic carbocycles. The minimum absolute atomic E-state index is 0.183. The molecule has 0 aliphatic carbocycles. The minimum Gasteiger partial charge on any atom is -0.399 e. The Morgan fingerprint density at radius 1 is 1.12 bits per heavy atom. The number of fused-ring (bicyclic) bond motifs is 1. The molecule has 0 amide bonds. The van der Waals surface area contributed by atoms with E-state index in [1.54, 1.807) is 7.11 Å². The molecule has 4 rings (SSSR count). The van der Waals surface area contributed by atoms with Gasteiger partial charge in [0.2, 0.25) is 0 Å². The SMILES string of the molecule is CO/N=C(\c1ccc(C)cc1)C1CCN(CCc2c(C)nc3n(c2=O)CCCC3C)CC1. The van der Waals surface area contributed by atoms with E-state index in [2.05, 4.69) is 48.2 Å². The summed E-state index contributed by atoms with van der Waals surface area (Å²) in [6, 6.07) is 8.53. The van der Waals surface area contributed by atoms with Crippen LogP contribution in [0.15, 0.2) is 34.2 Å². The van der Waals surface area contributed by atoms with Crippen LogP contribution in [0.3, 0.4) is 0 Å². The van der Waals surface area contributed by atoms with Crippen LogP contribution in [0, 0.1) is 19.8 Å². The van der Waals surface area contributed by atoms with Gasteiger partial charge in [-0.1, -0.05) is 41.9 Å². The highest BCUT2D eigenvalue weighted by atomic mass is 16.6. The van der Waals surface area contributed by atoms with Crippen LogP contribution in [-0.4, -0.2) is 46.9 Å². The molecule has 0 bridgehead atoms. The summed E-state index contributed by atoms with van der Waals surface area (Å²) in [5.41, 5.74) is 5.44. The predicted molar refractivity (Wildman–Crippen MR) is 128 cm³/mol.